The van der Waals surface area contributed by atoms with Crippen LogP contribution >= 0.6 is 0 Å². The van der Waals surface area contributed by atoms with Crippen molar-refractivity contribution in [1.29, 1.82) is 0 Å². The van der Waals surface area contributed by atoms with Gasteiger partial charge in [0.05, 0.1) is 12.5 Å². The van der Waals surface area contributed by atoms with Crippen LogP contribution in [-0.2, 0) is 16.0 Å². The summed E-state index contributed by atoms with van der Waals surface area (Å²) in [6.07, 6.45) is 3.87. The number of carbonyl (C=O) groups is 1. The molecule has 0 saturated carbocycles. The molecule has 27 heavy (non-hydrogen) atoms. The normalized spacial score (nSPS) is 14.8. The first-order valence-corrected chi connectivity index (χ1v) is 9.41. The minimum atomic E-state index is -0.118. The number of carbonyl (C=O) groups excluding carboxylic acids is 1. The quantitative estimate of drug-likeness (QED) is 0.781. The molecule has 1 saturated heterocycles. The highest BCUT2D eigenvalue weighted by Gasteiger charge is 2.28. The maximum absolute atomic E-state index is 11.9. The van der Waals surface area contributed by atoms with Crippen LogP contribution in [0.4, 0.5) is 11.5 Å². The Morgan fingerprint density at radius 3 is 2.52 bits per heavy atom. The SMILES string of the molecule is CCOC(=O)C1CCN(c2ncnc(Oc3ccc(CC)cc3)c2N)CC1. The molecular weight excluding hydrogens is 344 g/mol. The van der Waals surface area contributed by atoms with Crippen LogP contribution in [0.15, 0.2) is 30.6 Å². The van der Waals surface area contributed by atoms with Crippen LogP contribution in [-0.4, -0.2) is 35.6 Å². The van der Waals surface area contributed by atoms with Crippen LogP contribution in [0.3, 0.4) is 0 Å². The molecule has 144 valence electrons. The molecule has 0 aliphatic carbocycles. The van der Waals surface area contributed by atoms with E-state index in [-0.39, 0.29) is 11.9 Å². The zero-order valence-corrected chi connectivity index (χ0v) is 15.9. The maximum Gasteiger partial charge on any atom is 0.309 e. The van der Waals surface area contributed by atoms with E-state index in [1.807, 2.05) is 31.2 Å². The fourth-order valence-corrected chi connectivity index (χ4v) is 3.20. The Bertz CT molecular complexity index is 771. The van der Waals surface area contributed by atoms with Gasteiger partial charge in [0.2, 0.25) is 5.88 Å². The van der Waals surface area contributed by atoms with Crippen molar-refractivity contribution in [2.75, 3.05) is 30.3 Å². The molecule has 1 fully saturated rings. The third kappa shape index (κ3) is 4.48. The molecule has 7 nitrogen and oxygen atoms in total. The van der Waals surface area contributed by atoms with E-state index in [1.54, 1.807) is 0 Å². The number of nitrogens with two attached hydrogens (primary N) is 1. The lowest BCUT2D eigenvalue weighted by Gasteiger charge is -2.32. The molecule has 1 aliphatic heterocycles. The number of ether oxygens (including phenoxy) is 2. The molecular formula is C20H26N4O3. The Labute approximate surface area is 159 Å². The summed E-state index contributed by atoms with van der Waals surface area (Å²) in [7, 11) is 0. The Hall–Kier alpha value is -2.83. The molecule has 1 aromatic heterocycles. The summed E-state index contributed by atoms with van der Waals surface area (Å²) in [6, 6.07) is 7.86. The molecule has 0 unspecified atom stereocenters. The van der Waals surface area contributed by atoms with E-state index < -0.39 is 0 Å². The largest absolute Gasteiger partial charge is 0.466 e. The number of hydrogen-bond acceptors (Lipinski definition) is 7. The number of piperidine rings is 1. The Morgan fingerprint density at radius 2 is 1.89 bits per heavy atom. The Balaban J connectivity index is 1.69. The number of anilines is 2. The second kappa shape index (κ2) is 8.70. The standard InChI is InChI=1S/C20H26N4O3/c1-3-14-5-7-16(8-6-14)27-19-17(21)18(22-13-23-19)24-11-9-15(10-12-24)20(25)26-4-2/h5-8,13,15H,3-4,9-12,21H2,1-2H3. The highest BCUT2D eigenvalue weighted by molar-refractivity contribution is 5.73. The fraction of sp³-hybridized carbons (Fsp3) is 0.450. The van der Waals surface area contributed by atoms with E-state index >= 15 is 0 Å². The third-order valence-corrected chi connectivity index (χ3v) is 4.79. The van der Waals surface area contributed by atoms with Crippen LogP contribution in [0.5, 0.6) is 11.6 Å². The molecule has 1 aromatic carbocycles. The van der Waals surface area contributed by atoms with Crippen LogP contribution in [0.2, 0.25) is 0 Å². The number of aromatic nitrogens is 2. The monoisotopic (exact) mass is 370 g/mol. The maximum atomic E-state index is 11.9. The van der Waals surface area contributed by atoms with Crippen molar-refractivity contribution < 1.29 is 14.3 Å². The summed E-state index contributed by atoms with van der Waals surface area (Å²) in [5.74, 6) is 1.50. The molecule has 0 spiro atoms. The summed E-state index contributed by atoms with van der Waals surface area (Å²) < 4.78 is 11.0. The lowest BCUT2D eigenvalue weighted by Crippen LogP contribution is -2.37. The van der Waals surface area contributed by atoms with Gasteiger partial charge in [0.15, 0.2) is 5.82 Å². The summed E-state index contributed by atoms with van der Waals surface area (Å²) in [5, 5.41) is 0. The van der Waals surface area contributed by atoms with Gasteiger partial charge in [-0.1, -0.05) is 19.1 Å². The minimum Gasteiger partial charge on any atom is -0.466 e. The lowest BCUT2D eigenvalue weighted by molar-refractivity contribution is -0.148. The van der Waals surface area contributed by atoms with Crippen LogP contribution in [0, 0.1) is 5.92 Å². The summed E-state index contributed by atoms with van der Waals surface area (Å²) >= 11 is 0. The molecule has 3 rings (SSSR count). The molecule has 2 aromatic rings. The minimum absolute atomic E-state index is 0.0583. The topological polar surface area (TPSA) is 90.6 Å². The van der Waals surface area contributed by atoms with Crippen LogP contribution < -0.4 is 15.4 Å². The second-order valence-corrected chi connectivity index (χ2v) is 6.53. The first kappa shape index (κ1) is 18.9. The highest BCUT2D eigenvalue weighted by Crippen LogP contribution is 2.33. The number of esters is 1. The van der Waals surface area contributed by atoms with Gasteiger partial charge in [0.25, 0.3) is 0 Å². The average Bonchev–Trinajstić information content (AvgIpc) is 2.70. The fourth-order valence-electron chi connectivity index (χ4n) is 3.20. The number of aryl methyl sites for hydroxylation is 1. The van der Waals surface area contributed by atoms with Crippen LogP contribution in [0.1, 0.15) is 32.3 Å². The summed E-state index contributed by atoms with van der Waals surface area (Å²) in [6.45, 7) is 5.73. The number of nitrogens with zero attached hydrogens (tertiary/aromatic N) is 3. The average molecular weight is 370 g/mol. The van der Waals surface area contributed by atoms with E-state index in [0.29, 0.717) is 42.8 Å². The first-order chi connectivity index (χ1) is 13.1. The van der Waals surface area contributed by atoms with E-state index in [2.05, 4.69) is 21.8 Å². The zero-order chi connectivity index (χ0) is 19.2. The van der Waals surface area contributed by atoms with E-state index in [1.165, 1.54) is 11.9 Å². The highest BCUT2D eigenvalue weighted by atomic mass is 16.5. The zero-order valence-electron chi connectivity index (χ0n) is 15.9. The van der Waals surface area contributed by atoms with Gasteiger partial charge < -0.3 is 20.1 Å². The van der Waals surface area contributed by atoms with Crippen molar-refractivity contribution in [2.45, 2.75) is 33.1 Å². The van der Waals surface area contributed by atoms with Crippen molar-refractivity contribution in [3.63, 3.8) is 0 Å². The number of rotatable bonds is 6. The van der Waals surface area contributed by atoms with Gasteiger partial charge in [-0.15, -0.1) is 0 Å². The third-order valence-electron chi connectivity index (χ3n) is 4.79. The van der Waals surface area contributed by atoms with Gasteiger partial charge in [0, 0.05) is 13.1 Å². The van der Waals surface area contributed by atoms with Gasteiger partial charge in [-0.3, -0.25) is 4.79 Å². The number of nitrogen functional groups attached to an aromatic ring is 1. The summed E-state index contributed by atoms with van der Waals surface area (Å²) in [4.78, 5) is 22.5. The van der Waals surface area contributed by atoms with Crippen LogP contribution in [0.25, 0.3) is 0 Å². The van der Waals surface area contributed by atoms with E-state index in [9.17, 15) is 4.79 Å². The lowest BCUT2D eigenvalue weighted by atomic mass is 9.97. The van der Waals surface area contributed by atoms with E-state index in [4.69, 9.17) is 15.2 Å². The number of benzene rings is 1. The Morgan fingerprint density at radius 1 is 1.19 bits per heavy atom. The van der Waals surface area contributed by atoms with Crippen molar-refractivity contribution in [3.05, 3.63) is 36.2 Å². The van der Waals surface area contributed by atoms with Gasteiger partial charge in [0.1, 0.15) is 17.8 Å². The molecule has 7 heteroatoms. The second-order valence-electron chi connectivity index (χ2n) is 6.53. The van der Waals surface area contributed by atoms with Crippen molar-refractivity contribution in [1.82, 2.24) is 9.97 Å². The smallest absolute Gasteiger partial charge is 0.309 e. The van der Waals surface area contributed by atoms with Gasteiger partial charge in [-0.05, 0) is 43.9 Å². The van der Waals surface area contributed by atoms with Gasteiger partial charge in [-0.25, -0.2) is 4.98 Å². The predicted octanol–water partition coefficient (Wildman–Crippen LogP) is 3.19. The predicted molar refractivity (Wildman–Crippen MR) is 104 cm³/mol. The molecule has 2 heterocycles. The molecule has 0 atom stereocenters. The molecule has 0 radical (unpaired) electrons. The molecule has 0 amide bonds. The van der Waals surface area contributed by atoms with Gasteiger partial charge in [-0.2, -0.15) is 4.98 Å². The van der Waals surface area contributed by atoms with E-state index in [0.717, 1.165) is 19.3 Å². The molecule has 2 N–H and O–H groups in total. The Kier molecular flexibility index (Phi) is 6.11. The molecule has 0 bridgehead atoms. The van der Waals surface area contributed by atoms with Crippen molar-refractivity contribution in [3.8, 4) is 11.6 Å². The first-order valence-electron chi connectivity index (χ1n) is 9.41. The van der Waals surface area contributed by atoms with Crippen molar-refractivity contribution in [2.24, 2.45) is 5.92 Å². The summed E-state index contributed by atoms with van der Waals surface area (Å²) in [5.41, 5.74) is 7.92. The number of hydrogen-bond donors (Lipinski definition) is 1. The van der Waals surface area contributed by atoms with Gasteiger partial charge >= 0.3 is 5.97 Å². The van der Waals surface area contributed by atoms with Crippen molar-refractivity contribution >= 4 is 17.5 Å². The molecule has 1 aliphatic rings.